The van der Waals surface area contributed by atoms with E-state index in [0.29, 0.717) is 17.1 Å². The van der Waals surface area contributed by atoms with Gasteiger partial charge in [-0.1, -0.05) is 12.2 Å². The van der Waals surface area contributed by atoms with Crippen molar-refractivity contribution in [2.75, 3.05) is 17.6 Å². The summed E-state index contributed by atoms with van der Waals surface area (Å²) in [6.07, 6.45) is 0. The fourth-order valence-corrected chi connectivity index (χ4v) is 1.59. The van der Waals surface area contributed by atoms with Gasteiger partial charge in [0.1, 0.15) is 10.9 Å². The van der Waals surface area contributed by atoms with E-state index >= 15 is 0 Å². The zero-order valence-electron chi connectivity index (χ0n) is 7.42. The zero-order chi connectivity index (χ0) is 9.84. The summed E-state index contributed by atoms with van der Waals surface area (Å²) in [6, 6.07) is 3.80. The van der Waals surface area contributed by atoms with E-state index in [1.54, 1.807) is 6.07 Å². The highest BCUT2D eigenvalue weighted by Crippen LogP contribution is 2.28. The molecule has 0 radical (unpaired) electrons. The third kappa shape index (κ3) is 2.49. The molecule has 0 fully saturated rings. The Balaban J connectivity index is 2.69. The van der Waals surface area contributed by atoms with Gasteiger partial charge >= 0.3 is 0 Å². The summed E-state index contributed by atoms with van der Waals surface area (Å²) in [6.45, 7) is 6.42. The molecule has 0 aliphatic rings. The molecular weight excluding hydrogens is 182 g/mol. The van der Waals surface area contributed by atoms with E-state index in [9.17, 15) is 0 Å². The van der Waals surface area contributed by atoms with Gasteiger partial charge in [-0.2, -0.15) is 5.26 Å². The molecule has 0 aliphatic carbocycles. The van der Waals surface area contributed by atoms with Crippen LogP contribution in [0.4, 0.5) is 10.7 Å². The minimum absolute atomic E-state index is 0.539. The molecule has 0 saturated heterocycles. The molecule has 13 heavy (non-hydrogen) atoms. The van der Waals surface area contributed by atoms with Crippen molar-refractivity contribution in [3.05, 3.63) is 23.1 Å². The highest BCUT2D eigenvalue weighted by molar-refractivity contribution is 7.17. The Morgan fingerprint density at radius 3 is 3.00 bits per heavy atom. The third-order valence-electron chi connectivity index (χ3n) is 1.43. The molecule has 68 valence electrons. The SMILES string of the molecule is C=C(C)CNc1cc(N)c(C#N)s1. The van der Waals surface area contributed by atoms with Gasteiger partial charge in [-0.3, -0.25) is 0 Å². The molecule has 0 atom stereocenters. The summed E-state index contributed by atoms with van der Waals surface area (Å²) in [5.41, 5.74) is 7.17. The van der Waals surface area contributed by atoms with Crippen molar-refractivity contribution in [2.24, 2.45) is 0 Å². The summed E-state index contributed by atoms with van der Waals surface area (Å²) < 4.78 is 0. The van der Waals surface area contributed by atoms with Gasteiger partial charge in [0.15, 0.2) is 0 Å². The number of anilines is 2. The second-order valence-electron chi connectivity index (χ2n) is 2.82. The van der Waals surface area contributed by atoms with Crippen LogP contribution in [0.15, 0.2) is 18.2 Å². The molecule has 3 N–H and O–H groups in total. The lowest BCUT2D eigenvalue weighted by molar-refractivity contribution is 1.23. The summed E-state index contributed by atoms with van der Waals surface area (Å²) in [4.78, 5) is 0.559. The number of nitrogen functional groups attached to an aromatic ring is 1. The molecule has 0 unspecified atom stereocenters. The molecule has 3 nitrogen and oxygen atoms in total. The van der Waals surface area contributed by atoms with E-state index in [2.05, 4.69) is 11.9 Å². The first kappa shape index (κ1) is 9.62. The topological polar surface area (TPSA) is 61.8 Å². The first-order valence-corrected chi connectivity index (χ1v) is 4.63. The Hall–Kier alpha value is -1.47. The smallest absolute Gasteiger partial charge is 0.129 e. The van der Waals surface area contributed by atoms with Crippen molar-refractivity contribution in [3.63, 3.8) is 0 Å². The lowest BCUT2D eigenvalue weighted by Gasteiger charge is -2.00. The number of nitrogens with two attached hydrogens (primary N) is 1. The Bertz CT molecular complexity index is 359. The average molecular weight is 193 g/mol. The zero-order valence-corrected chi connectivity index (χ0v) is 8.24. The van der Waals surface area contributed by atoms with Crippen molar-refractivity contribution in [1.82, 2.24) is 0 Å². The van der Waals surface area contributed by atoms with Crippen LogP contribution in [-0.2, 0) is 0 Å². The number of nitriles is 1. The summed E-state index contributed by atoms with van der Waals surface area (Å²) in [7, 11) is 0. The highest BCUT2D eigenvalue weighted by Gasteiger charge is 2.04. The van der Waals surface area contributed by atoms with Crippen molar-refractivity contribution in [2.45, 2.75) is 6.92 Å². The molecule has 1 aromatic heterocycles. The van der Waals surface area contributed by atoms with Crippen LogP contribution in [0.2, 0.25) is 0 Å². The Morgan fingerprint density at radius 1 is 1.85 bits per heavy atom. The van der Waals surface area contributed by atoms with Gasteiger partial charge in [-0.05, 0) is 13.0 Å². The van der Waals surface area contributed by atoms with E-state index in [4.69, 9.17) is 11.0 Å². The molecule has 4 heteroatoms. The first-order chi connectivity index (χ1) is 6.13. The van der Waals surface area contributed by atoms with E-state index in [1.165, 1.54) is 11.3 Å². The predicted molar refractivity (Wildman–Crippen MR) is 56.8 cm³/mol. The number of thiophene rings is 1. The normalized spacial score (nSPS) is 9.23. The fourth-order valence-electron chi connectivity index (χ4n) is 0.818. The lowest BCUT2D eigenvalue weighted by atomic mass is 10.3. The van der Waals surface area contributed by atoms with Gasteiger partial charge in [-0.25, -0.2) is 0 Å². The Labute approximate surface area is 81.5 Å². The van der Waals surface area contributed by atoms with E-state index < -0.39 is 0 Å². The second-order valence-corrected chi connectivity index (χ2v) is 3.87. The van der Waals surface area contributed by atoms with Crippen LogP contribution >= 0.6 is 11.3 Å². The monoisotopic (exact) mass is 193 g/mol. The number of nitrogens with one attached hydrogen (secondary N) is 1. The van der Waals surface area contributed by atoms with Crippen LogP contribution in [0.3, 0.4) is 0 Å². The maximum absolute atomic E-state index is 8.64. The van der Waals surface area contributed by atoms with Gasteiger partial charge in [0, 0.05) is 6.54 Å². The van der Waals surface area contributed by atoms with Crippen LogP contribution in [-0.4, -0.2) is 6.54 Å². The van der Waals surface area contributed by atoms with Crippen LogP contribution in [0.25, 0.3) is 0 Å². The van der Waals surface area contributed by atoms with Gasteiger partial charge in [-0.15, -0.1) is 11.3 Å². The number of nitrogens with zero attached hydrogens (tertiary/aromatic N) is 1. The maximum Gasteiger partial charge on any atom is 0.129 e. The number of hydrogen-bond acceptors (Lipinski definition) is 4. The van der Waals surface area contributed by atoms with Crippen LogP contribution in [0.5, 0.6) is 0 Å². The Morgan fingerprint density at radius 2 is 2.54 bits per heavy atom. The molecule has 0 saturated carbocycles. The van der Waals surface area contributed by atoms with Gasteiger partial charge in [0.25, 0.3) is 0 Å². The summed E-state index contributed by atoms with van der Waals surface area (Å²) in [5.74, 6) is 0. The molecule has 0 aromatic carbocycles. The fraction of sp³-hybridized carbons (Fsp3) is 0.222. The molecule has 1 rings (SSSR count). The third-order valence-corrected chi connectivity index (χ3v) is 2.44. The van der Waals surface area contributed by atoms with Crippen molar-refractivity contribution < 1.29 is 0 Å². The predicted octanol–water partition coefficient (Wildman–Crippen LogP) is 2.19. The minimum Gasteiger partial charge on any atom is -0.397 e. The van der Waals surface area contributed by atoms with E-state index in [0.717, 1.165) is 10.6 Å². The largest absolute Gasteiger partial charge is 0.397 e. The molecule has 1 heterocycles. The van der Waals surface area contributed by atoms with Crippen LogP contribution in [0.1, 0.15) is 11.8 Å². The van der Waals surface area contributed by atoms with E-state index in [-0.39, 0.29) is 0 Å². The maximum atomic E-state index is 8.64. The number of rotatable bonds is 3. The highest BCUT2D eigenvalue weighted by atomic mass is 32.1. The molecule has 1 aromatic rings. The molecule has 0 spiro atoms. The van der Waals surface area contributed by atoms with Crippen molar-refractivity contribution in [3.8, 4) is 6.07 Å². The Kier molecular flexibility index (Phi) is 2.93. The van der Waals surface area contributed by atoms with Gasteiger partial charge in [0.05, 0.1) is 10.7 Å². The number of hydrogen-bond donors (Lipinski definition) is 2. The van der Waals surface area contributed by atoms with Crippen molar-refractivity contribution in [1.29, 1.82) is 5.26 Å². The standard InChI is InChI=1S/C9H11N3S/c1-6(2)5-12-9-3-7(11)8(4-10)13-9/h3,12H,1,5,11H2,2H3. The van der Waals surface area contributed by atoms with Crippen LogP contribution in [0, 0.1) is 11.3 Å². The van der Waals surface area contributed by atoms with Gasteiger partial charge < -0.3 is 11.1 Å². The molecule has 0 bridgehead atoms. The van der Waals surface area contributed by atoms with Crippen molar-refractivity contribution >= 4 is 22.0 Å². The molecule has 0 amide bonds. The average Bonchev–Trinajstić information content (AvgIpc) is 2.43. The quantitative estimate of drug-likeness (QED) is 0.723. The second kappa shape index (κ2) is 3.97. The minimum atomic E-state index is 0.539. The lowest BCUT2D eigenvalue weighted by Crippen LogP contribution is -1.99. The molecular formula is C9H11N3S. The summed E-state index contributed by atoms with van der Waals surface area (Å²) in [5, 5.41) is 12.7. The molecule has 0 aliphatic heterocycles. The summed E-state index contributed by atoms with van der Waals surface area (Å²) >= 11 is 1.36. The van der Waals surface area contributed by atoms with Gasteiger partial charge in [0.2, 0.25) is 0 Å². The first-order valence-electron chi connectivity index (χ1n) is 3.81. The van der Waals surface area contributed by atoms with Crippen LogP contribution < -0.4 is 11.1 Å². The van der Waals surface area contributed by atoms with E-state index in [1.807, 2.05) is 13.0 Å².